The van der Waals surface area contributed by atoms with Crippen molar-refractivity contribution >= 4 is 11.8 Å². The summed E-state index contributed by atoms with van der Waals surface area (Å²) in [6, 6.07) is 7.69. The lowest BCUT2D eigenvalue weighted by Gasteiger charge is -2.12. The average Bonchev–Trinajstić information content (AvgIpc) is 2.31. The van der Waals surface area contributed by atoms with Gasteiger partial charge in [0.25, 0.3) is 0 Å². The fraction of sp³-hybridized carbons (Fsp3) is 0.467. The minimum atomic E-state index is -1.35. The van der Waals surface area contributed by atoms with E-state index in [9.17, 15) is 9.59 Å². The molecule has 1 aromatic carbocycles. The minimum Gasteiger partial charge on any atom is -0.475 e. The molecular weight excluding hydrogens is 228 g/mol. The molecule has 0 aliphatic heterocycles. The van der Waals surface area contributed by atoms with Gasteiger partial charge in [0.15, 0.2) is 0 Å². The van der Waals surface area contributed by atoms with Crippen molar-refractivity contribution in [2.24, 2.45) is 5.92 Å². The standard InChI is InChI=1S/C15H20O3/c1-4-13(14(16)15(17)18)12-7-5-11(6-8-12)9-10(2)3/h5-8,10,13H,4,9H2,1-3H3,(H,17,18). The number of hydrogen-bond donors (Lipinski definition) is 1. The van der Waals surface area contributed by atoms with E-state index in [0.29, 0.717) is 12.3 Å². The van der Waals surface area contributed by atoms with Crippen LogP contribution in [0, 0.1) is 5.92 Å². The Balaban J connectivity index is 2.88. The summed E-state index contributed by atoms with van der Waals surface area (Å²) in [5, 5.41) is 8.77. The van der Waals surface area contributed by atoms with Crippen LogP contribution in [0.2, 0.25) is 0 Å². The van der Waals surface area contributed by atoms with Crippen LogP contribution in [0.5, 0.6) is 0 Å². The lowest BCUT2D eigenvalue weighted by Crippen LogP contribution is -2.21. The quantitative estimate of drug-likeness (QED) is 0.787. The van der Waals surface area contributed by atoms with Crippen molar-refractivity contribution in [1.29, 1.82) is 0 Å². The second-order valence-corrected chi connectivity index (χ2v) is 4.97. The number of hydrogen-bond acceptors (Lipinski definition) is 2. The molecule has 0 fully saturated rings. The summed E-state index contributed by atoms with van der Waals surface area (Å²) in [6.45, 7) is 6.13. The highest BCUT2D eigenvalue weighted by Gasteiger charge is 2.24. The van der Waals surface area contributed by atoms with Crippen LogP contribution in [0.25, 0.3) is 0 Å². The molecule has 0 spiro atoms. The third-order valence-electron chi connectivity index (χ3n) is 2.96. The van der Waals surface area contributed by atoms with Crippen molar-refractivity contribution < 1.29 is 14.7 Å². The number of carboxylic acid groups (broad SMARTS) is 1. The Morgan fingerprint density at radius 2 is 1.72 bits per heavy atom. The van der Waals surface area contributed by atoms with Crippen molar-refractivity contribution in [1.82, 2.24) is 0 Å². The maximum absolute atomic E-state index is 11.5. The number of aliphatic carboxylic acids is 1. The van der Waals surface area contributed by atoms with E-state index in [0.717, 1.165) is 12.0 Å². The maximum atomic E-state index is 11.5. The summed E-state index contributed by atoms with van der Waals surface area (Å²) < 4.78 is 0. The Labute approximate surface area is 108 Å². The Morgan fingerprint density at radius 3 is 2.11 bits per heavy atom. The first-order valence-corrected chi connectivity index (χ1v) is 6.31. The van der Waals surface area contributed by atoms with Gasteiger partial charge in [-0.3, -0.25) is 4.79 Å². The van der Waals surface area contributed by atoms with Crippen LogP contribution in [0.4, 0.5) is 0 Å². The van der Waals surface area contributed by atoms with Gasteiger partial charge < -0.3 is 5.11 Å². The molecule has 0 aliphatic rings. The second kappa shape index (κ2) is 6.34. The zero-order valence-corrected chi connectivity index (χ0v) is 11.1. The highest BCUT2D eigenvalue weighted by molar-refractivity contribution is 6.34. The molecule has 18 heavy (non-hydrogen) atoms. The molecule has 3 nitrogen and oxygen atoms in total. The number of carbonyl (C=O) groups is 2. The fourth-order valence-corrected chi connectivity index (χ4v) is 2.08. The van der Waals surface area contributed by atoms with E-state index in [2.05, 4.69) is 13.8 Å². The highest BCUT2D eigenvalue weighted by atomic mass is 16.4. The Bertz CT molecular complexity index is 418. The molecule has 1 atom stereocenters. The van der Waals surface area contributed by atoms with E-state index in [1.165, 1.54) is 5.56 Å². The normalized spacial score (nSPS) is 12.4. The number of ketones is 1. The van der Waals surface area contributed by atoms with Crippen LogP contribution in [-0.2, 0) is 16.0 Å². The fourth-order valence-electron chi connectivity index (χ4n) is 2.08. The number of carbonyl (C=O) groups excluding carboxylic acids is 1. The zero-order valence-electron chi connectivity index (χ0n) is 11.1. The number of Topliss-reactive ketones (excluding diaryl/α,β-unsaturated/α-hetero) is 1. The molecule has 0 bridgehead atoms. The molecule has 0 heterocycles. The predicted molar refractivity (Wildman–Crippen MR) is 70.7 cm³/mol. The van der Waals surface area contributed by atoms with E-state index >= 15 is 0 Å². The smallest absolute Gasteiger partial charge is 0.372 e. The third kappa shape index (κ3) is 3.69. The van der Waals surface area contributed by atoms with Crippen LogP contribution in [0.1, 0.15) is 44.2 Å². The van der Waals surface area contributed by atoms with Crippen molar-refractivity contribution in [3.05, 3.63) is 35.4 Å². The molecule has 1 unspecified atom stereocenters. The highest BCUT2D eigenvalue weighted by Crippen LogP contribution is 2.22. The summed E-state index contributed by atoms with van der Waals surface area (Å²) in [4.78, 5) is 22.3. The lowest BCUT2D eigenvalue weighted by atomic mass is 9.90. The summed E-state index contributed by atoms with van der Waals surface area (Å²) in [6.07, 6.45) is 1.50. The average molecular weight is 248 g/mol. The Kier molecular flexibility index (Phi) is 5.08. The largest absolute Gasteiger partial charge is 0.475 e. The van der Waals surface area contributed by atoms with Crippen molar-refractivity contribution in [3.8, 4) is 0 Å². The maximum Gasteiger partial charge on any atom is 0.372 e. The first-order chi connectivity index (χ1) is 8.45. The summed E-state index contributed by atoms with van der Waals surface area (Å²) >= 11 is 0. The van der Waals surface area contributed by atoms with Gasteiger partial charge in [0.05, 0.1) is 5.92 Å². The summed E-state index contributed by atoms with van der Waals surface area (Å²) in [7, 11) is 0. The molecule has 0 radical (unpaired) electrons. The van der Waals surface area contributed by atoms with E-state index in [1.807, 2.05) is 31.2 Å². The molecule has 1 N–H and O–H groups in total. The first-order valence-electron chi connectivity index (χ1n) is 6.31. The van der Waals surface area contributed by atoms with E-state index in [1.54, 1.807) is 0 Å². The molecule has 0 aromatic heterocycles. The van der Waals surface area contributed by atoms with Crippen molar-refractivity contribution in [2.75, 3.05) is 0 Å². The van der Waals surface area contributed by atoms with E-state index < -0.39 is 17.7 Å². The van der Waals surface area contributed by atoms with Crippen LogP contribution >= 0.6 is 0 Å². The van der Waals surface area contributed by atoms with Crippen LogP contribution in [0.15, 0.2) is 24.3 Å². The number of benzene rings is 1. The summed E-state index contributed by atoms with van der Waals surface area (Å²) in [5.41, 5.74) is 2.00. The molecular formula is C15H20O3. The molecule has 98 valence electrons. The van der Waals surface area contributed by atoms with E-state index in [4.69, 9.17) is 5.11 Å². The van der Waals surface area contributed by atoms with Gasteiger partial charge in [0.1, 0.15) is 0 Å². The molecule has 0 saturated carbocycles. The van der Waals surface area contributed by atoms with Crippen LogP contribution < -0.4 is 0 Å². The Morgan fingerprint density at radius 1 is 1.17 bits per heavy atom. The molecule has 0 aliphatic carbocycles. The SMILES string of the molecule is CCC(C(=O)C(=O)O)c1ccc(CC(C)C)cc1. The van der Waals surface area contributed by atoms with Gasteiger partial charge in [0, 0.05) is 0 Å². The van der Waals surface area contributed by atoms with Crippen LogP contribution in [-0.4, -0.2) is 16.9 Å². The van der Waals surface area contributed by atoms with E-state index in [-0.39, 0.29) is 0 Å². The van der Waals surface area contributed by atoms with Gasteiger partial charge in [-0.25, -0.2) is 4.79 Å². The summed E-state index contributed by atoms with van der Waals surface area (Å²) in [5.74, 6) is -2.03. The van der Waals surface area contributed by atoms with Gasteiger partial charge in [-0.1, -0.05) is 45.0 Å². The third-order valence-corrected chi connectivity index (χ3v) is 2.96. The van der Waals surface area contributed by atoms with Gasteiger partial charge in [-0.05, 0) is 29.9 Å². The predicted octanol–water partition coefficient (Wildman–Crippen LogP) is 3.03. The van der Waals surface area contributed by atoms with Crippen LogP contribution in [0.3, 0.4) is 0 Å². The second-order valence-electron chi connectivity index (χ2n) is 4.97. The molecule has 3 heteroatoms. The monoisotopic (exact) mass is 248 g/mol. The zero-order chi connectivity index (χ0) is 13.7. The number of carboxylic acids is 1. The topological polar surface area (TPSA) is 54.4 Å². The lowest BCUT2D eigenvalue weighted by molar-refractivity contribution is -0.149. The minimum absolute atomic E-state index is 0.509. The number of rotatable bonds is 6. The molecule has 1 rings (SSSR count). The molecule has 0 amide bonds. The Hall–Kier alpha value is -1.64. The van der Waals surface area contributed by atoms with Gasteiger partial charge in [-0.2, -0.15) is 0 Å². The van der Waals surface area contributed by atoms with Gasteiger partial charge in [-0.15, -0.1) is 0 Å². The van der Waals surface area contributed by atoms with Gasteiger partial charge in [0.2, 0.25) is 5.78 Å². The van der Waals surface area contributed by atoms with Crippen molar-refractivity contribution in [3.63, 3.8) is 0 Å². The van der Waals surface area contributed by atoms with Crippen molar-refractivity contribution in [2.45, 2.75) is 39.5 Å². The first kappa shape index (κ1) is 14.4. The molecule has 0 saturated heterocycles. The molecule has 1 aromatic rings. The van der Waals surface area contributed by atoms with Gasteiger partial charge >= 0.3 is 5.97 Å².